The van der Waals surface area contributed by atoms with Gasteiger partial charge < -0.3 is 24.6 Å². The zero-order valence-corrected chi connectivity index (χ0v) is 15.6. The van der Waals surface area contributed by atoms with Gasteiger partial charge in [-0.1, -0.05) is 18.7 Å². The molecule has 0 aliphatic rings. The maximum absolute atomic E-state index is 12.6. The highest BCUT2D eigenvalue weighted by Gasteiger charge is 2.36. The molecule has 1 atom stereocenters. The summed E-state index contributed by atoms with van der Waals surface area (Å²) in [6, 6.07) is 4.26. The van der Waals surface area contributed by atoms with Gasteiger partial charge in [0.15, 0.2) is 5.92 Å². The molecule has 0 amide bonds. The predicted molar refractivity (Wildman–Crippen MR) is 94.3 cm³/mol. The van der Waals surface area contributed by atoms with Crippen LogP contribution in [0.4, 0.5) is 5.69 Å². The Hall–Kier alpha value is -2.42. The minimum absolute atomic E-state index is 0.0529. The molecule has 0 bridgehead atoms. The number of hydrogen-bond acceptors (Lipinski definition) is 8. The highest BCUT2D eigenvalue weighted by Crippen LogP contribution is 2.32. The van der Waals surface area contributed by atoms with E-state index in [1.165, 1.54) is 26.2 Å². The number of carbonyl (C=O) groups is 2. The molecule has 0 fully saturated rings. The van der Waals surface area contributed by atoms with Gasteiger partial charge >= 0.3 is 11.9 Å². The third-order valence-corrected chi connectivity index (χ3v) is 3.08. The largest absolute Gasteiger partial charge is 0.733 e. The fourth-order valence-electron chi connectivity index (χ4n) is 2.20. The summed E-state index contributed by atoms with van der Waals surface area (Å²) in [6.07, 6.45) is 0. The van der Waals surface area contributed by atoms with E-state index in [1.807, 2.05) is 0 Å². The Bertz CT molecular complexity index is 677. The van der Waals surface area contributed by atoms with Gasteiger partial charge in [0.25, 0.3) is 0 Å². The number of carbonyl (C=O) groups excluding carboxylic acids is 2. The van der Waals surface area contributed by atoms with Crippen LogP contribution in [0.25, 0.3) is 0 Å². The Labute approximate surface area is 152 Å². The molecule has 144 valence electrons. The summed E-state index contributed by atoms with van der Waals surface area (Å²) < 4.78 is 15.2. The minimum Gasteiger partial charge on any atom is -0.733 e. The number of methoxy groups -OCH3 is 1. The van der Waals surface area contributed by atoms with Crippen LogP contribution >= 0.6 is 0 Å². The fourth-order valence-corrected chi connectivity index (χ4v) is 2.20. The molecule has 1 aromatic rings. The molecule has 1 unspecified atom stereocenters. The van der Waals surface area contributed by atoms with Gasteiger partial charge in [-0.3, -0.25) is 14.8 Å². The quantitative estimate of drug-likeness (QED) is 0.339. The molecule has 0 aromatic heterocycles. The number of benzene rings is 1. The highest BCUT2D eigenvalue weighted by molar-refractivity contribution is 6.02. The van der Waals surface area contributed by atoms with Crippen molar-refractivity contribution in [2.75, 3.05) is 12.3 Å². The first-order valence-corrected chi connectivity index (χ1v) is 7.84. The van der Waals surface area contributed by atoms with Crippen molar-refractivity contribution in [1.82, 2.24) is 0 Å². The number of allylic oxidation sites excluding steroid dienone is 1. The molecule has 0 saturated carbocycles. The lowest BCUT2D eigenvalue weighted by Gasteiger charge is -2.29. The summed E-state index contributed by atoms with van der Waals surface area (Å²) in [5.41, 5.74) is -0.639. The second-order valence-corrected chi connectivity index (χ2v) is 6.69. The third kappa shape index (κ3) is 6.14. The van der Waals surface area contributed by atoms with Crippen LogP contribution in [0.1, 0.15) is 44.7 Å². The van der Waals surface area contributed by atoms with Crippen molar-refractivity contribution >= 4 is 17.6 Å². The molecule has 26 heavy (non-hydrogen) atoms. The van der Waals surface area contributed by atoms with Crippen molar-refractivity contribution in [3.63, 3.8) is 0 Å². The van der Waals surface area contributed by atoms with Crippen LogP contribution in [0.3, 0.4) is 0 Å². The highest BCUT2D eigenvalue weighted by atomic mass is 16.8. The van der Waals surface area contributed by atoms with E-state index < -0.39 is 28.7 Å². The number of anilines is 1. The maximum atomic E-state index is 12.6. The molecule has 0 saturated heterocycles. The molecule has 1 rings (SSSR count). The molecule has 1 aromatic carbocycles. The van der Waals surface area contributed by atoms with Gasteiger partial charge in [-0.25, -0.2) is 0 Å². The van der Waals surface area contributed by atoms with E-state index in [1.54, 1.807) is 26.8 Å². The molecule has 0 aliphatic carbocycles. The molecule has 0 radical (unpaired) electrons. The van der Waals surface area contributed by atoms with Gasteiger partial charge in [0.05, 0.1) is 18.1 Å². The summed E-state index contributed by atoms with van der Waals surface area (Å²) in [7, 11) is 1.47. The normalized spacial score (nSPS) is 12.3. The second-order valence-electron chi connectivity index (χ2n) is 6.69. The molecule has 1 N–H and O–H groups in total. The first-order chi connectivity index (χ1) is 12.0. The SMILES string of the molecule is C=C(C)OC(=O)C(C(=O)OC(C)(C)C)c1ccc(COC)cc1N([O-])O. The number of rotatable bonds is 7. The summed E-state index contributed by atoms with van der Waals surface area (Å²) in [4.78, 5) is 25.0. The van der Waals surface area contributed by atoms with Crippen molar-refractivity contribution in [1.29, 1.82) is 0 Å². The first kappa shape index (κ1) is 21.6. The van der Waals surface area contributed by atoms with Gasteiger partial charge in [0.2, 0.25) is 0 Å². The Kier molecular flexibility index (Phi) is 7.31. The zero-order chi connectivity index (χ0) is 20.1. The predicted octanol–water partition coefficient (Wildman–Crippen LogP) is 3.03. The molecule has 0 aliphatic heterocycles. The molecule has 8 heteroatoms. The van der Waals surface area contributed by atoms with E-state index >= 15 is 0 Å². The zero-order valence-electron chi connectivity index (χ0n) is 15.6. The first-order valence-electron chi connectivity index (χ1n) is 7.84. The van der Waals surface area contributed by atoms with Crippen molar-refractivity contribution in [2.24, 2.45) is 0 Å². The van der Waals surface area contributed by atoms with Gasteiger partial charge in [0, 0.05) is 12.7 Å². The lowest BCUT2D eigenvalue weighted by Crippen LogP contribution is -2.33. The summed E-state index contributed by atoms with van der Waals surface area (Å²) in [5, 5.41) is 20.6. The van der Waals surface area contributed by atoms with Gasteiger partial charge in [-0.2, -0.15) is 0 Å². The number of esters is 2. The average molecular weight is 366 g/mol. The summed E-state index contributed by atoms with van der Waals surface area (Å²) in [5.74, 6) is -3.37. The van der Waals surface area contributed by atoms with E-state index in [0.717, 1.165) is 0 Å². The van der Waals surface area contributed by atoms with Crippen LogP contribution in [0.2, 0.25) is 0 Å². The Morgan fingerprint density at radius 3 is 2.38 bits per heavy atom. The molecule has 0 spiro atoms. The number of hydrogen-bond donors (Lipinski definition) is 1. The fraction of sp³-hybridized carbons (Fsp3) is 0.444. The average Bonchev–Trinajstić information content (AvgIpc) is 2.46. The number of ether oxygens (including phenoxy) is 3. The van der Waals surface area contributed by atoms with Crippen molar-refractivity contribution in [2.45, 2.75) is 45.8 Å². The smallest absolute Gasteiger partial charge is 0.330 e. The molecule has 0 heterocycles. The van der Waals surface area contributed by atoms with Crippen molar-refractivity contribution in [3.8, 4) is 0 Å². The van der Waals surface area contributed by atoms with Crippen LogP contribution < -0.4 is 5.23 Å². The van der Waals surface area contributed by atoms with E-state index in [0.29, 0.717) is 5.56 Å². The van der Waals surface area contributed by atoms with Crippen LogP contribution in [0, 0.1) is 5.21 Å². The monoisotopic (exact) mass is 366 g/mol. The van der Waals surface area contributed by atoms with Gasteiger partial charge in [-0.05, 0) is 39.3 Å². The maximum Gasteiger partial charge on any atom is 0.330 e. The topological polar surface area (TPSA) is 108 Å². The minimum atomic E-state index is -1.57. The van der Waals surface area contributed by atoms with Crippen LogP contribution in [-0.2, 0) is 30.4 Å². The van der Waals surface area contributed by atoms with E-state index in [9.17, 15) is 20.0 Å². The van der Waals surface area contributed by atoms with Crippen molar-refractivity contribution in [3.05, 3.63) is 46.9 Å². The van der Waals surface area contributed by atoms with Gasteiger partial charge in [0.1, 0.15) is 5.60 Å². The van der Waals surface area contributed by atoms with Crippen molar-refractivity contribution < 1.29 is 29.0 Å². The van der Waals surface area contributed by atoms with Crippen LogP contribution in [0.5, 0.6) is 0 Å². The summed E-state index contributed by atoms with van der Waals surface area (Å²) >= 11 is 0. The lowest BCUT2D eigenvalue weighted by atomic mass is 9.95. The van der Waals surface area contributed by atoms with E-state index in [4.69, 9.17) is 14.2 Å². The third-order valence-electron chi connectivity index (χ3n) is 3.08. The Morgan fingerprint density at radius 1 is 1.31 bits per heavy atom. The lowest BCUT2D eigenvalue weighted by molar-refractivity contribution is -0.163. The molecular weight excluding hydrogens is 342 g/mol. The van der Waals surface area contributed by atoms with Crippen LogP contribution in [-0.4, -0.2) is 29.9 Å². The second kappa shape index (κ2) is 8.79. The molecular formula is C18H24NO7-. The Morgan fingerprint density at radius 2 is 1.92 bits per heavy atom. The van der Waals surface area contributed by atoms with E-state index in [2.05, 4.69) is 6.58 Å². The van der Waals surface area contributed by atoms with Crippen LogP contribution in [0.15, 0.2) is 30.5 Å². The standard InChI is InChI=1S/C18H24NO7/c1-11(2)25-16(20)15(17(21)26-18(3,4)5)13-8-7-12(10-24-6)9-14(13)19(22)23/h7-9,15,22H,1,10H2,2-6H3/q-1. The Balaban J connectivity index is 3.43. The summed E-state index contributed by atoms with van der Waals surface area (Å²) in [6.45, 7) is 10.0. The molecule has 8 nitrogen and oxygen atoms in total. The number of nitrogens with zero attached hydrogens (tertiary/aromatic N) is 1. The van der Waals surface area contributed by atoms with Gasteiger partial charge in [-0.15, -0.1) is 0 Å². The van der Waals surface area contributed by atoms with E-state index in [-0.39, 0.29) is 23.6 Å².